The van der Waals surface area contributed by atoms with Crippen LogP contribution in [0, 0.1) is 0 Å². The van der Waals surface area contributed by atoms with Crippen LogP contribution in [0.3, 0.4) is 0 Å². The normalized spacial score (nSPS) is 16.0. The van der Waals surface area contributed by atoms with Crippen LogP contribution in [0.2, 0.25) is 0 Å². The fourth-order valence-electron chi connectivity index (χ4n) is 3.68. The van der Waals surface area contributed by atoms with Gasteiger partial charge < -0.3 is 10.0 Å². The monoisotopic (exact) mass is 379 g/mol. The molecule has 2 heterocycles. The summed E-state index contributed by atoms with van der Waals surface area (Å²) in [4.78, 5) is 16.1. The summed E-state index contributed by atoms with van der Waals surface area (Å²) in [6, 6.07) is 15.2. The number of hydrogen-bond donors (Lipinski definition) is 2. The number of H-pyrrole nitrogens is 1. The van der Waals surface area contributed by atoms with Gasteiger partial charge in [-0.1, -0.05) is 31.2 Å². The summed E-state index contributed by atoms with van der Waals surface area (Å²) in [6.07, 6.45) is 2.91. The van der Waals surface area contributed by atoms with Gasteiger partial charge in [-0.3, -0.25) is 9.89 Å². The third-order valence-corrected chi connectivity index (χ3v) is 5.66. The lowest BCUT2D eigenvalue weighted by Crippen LogP contribution is -2.30. The smallest absolute Gasteiger partial charge is 0.273 e. The van der Waals surface area contributed by atoms with Crippen LogP contribution in [-0.2, 0) is 0 Å². The van der Waals surface area contributed by atoms with Crippen LogP contribution in [0.5, 0.6) is 5.75 Å². The molecule has 1 amide bonds. The number of amides is 1. The standard InChI is InChI=1S/C21H21N3O2S/c1-3-12-24-20(13-8-10-14(27-2)11-9-13)17-18(22-23-19(17)21(24)26)15-6-4-5-7-16(15)25/h4-11,20,25H,3,12H2,1-2H3,(H,22,23)/t20-/m1/s1. The number of nitrogens with one attached hydrogen (secondary N) is 1. The number of para-hydroxylation sites is 1. The Bertz CT molecular complexity index is 981. The van der Waals surface area contributed by atoms with Gasteiger partial charge in [0.05, 0.1) is 6.04 Å². The largest absolute Gasteiger partial charge is 0.507 e. The van der Waals surface area contributed by atoms with Crippen LogP contribution >= 0.6 is 11.8 Å². The molecule has 6 heteroatoms. The van der Waals surface area contributed by atoms with E-state index in [0.29, 0.717) is 23.5 Å². The van der Waals surface area contributed by atoms with Crippen LogP contribution in [0.1, 0.15) is 41.0 Å². The fraction of sp³-hybridized carbons (Fsp3) is 0.238. The van der Waals surface area contributed by atoms with Crippen molar-refractivity contribution in [3.63, 3.8) is 0 Å². The van der Waals surface area contributed by atoms with Crippen molar-refractivity contribution in [2.45, 2.75) is 24.3 Å². The Labute approximate surface area is 162 Å². The number of hydrogen-bond acceptors (Lipinski definition) is 4. The molecule has 0 saturated heterocycles. The summed E-state index contributed by atoms with van der Waals surface area (Å²) < 4.78 is 0. The molecule has 0 fully saturated rings. The summed E-state index contributed by atoms with van der Waals surface area (Å²) in [6.45, 7) is 2.73. The van der Waals surface area contributed by atoms with Crippen LogP contribution in [0.25, 0.3) is 11.3 Å². The van der Waals surface area contributed by atoms with E-state index in [1.807, 2.05) is 23.3 Å². The number of phenolic OH excluding ortho intramolecular Hbond substituents is 1. The predicted molar refractivity (Wildman–Crippen MR) is 107 cm³/mol. The highest BCUT2D eigenvalue weighted by Gasteiger charge is 2.41. The maximum absolute atomic E-state index is 13.0. The average Bonchev–Trinajstić information content (AvgIpc) is 3.23. The van der Waals surface area contributed by atoms with Gasteiger partial charge in [-0.05, 0) is 42.5 Å². The molecule has 3 aromatic rings. The number of thioether (sulfide) groups is 1. The van der Waals surface area contributed by atoms with Crippen LogP contribution in [0.15, 0.2) is 53.4 Å². The molecule has 138 valence electrons. The van der Waals surface area contributed by atoms with E-state index in [1.165, 1.54) is 4.90 Å². The van der Waals surface area contributed by atoms with Gasteiger partial charge in [-0.25, -0.2) is 0 Å². The first kappa shape index (κ1) is 17.7. The summed E-state index contributed by atoms with van der Waals surface area (Å²) >= 11 is 1.69. The lowest BCUT2D eigenvalue weighted by atomic mass is 9.95. The van der Waals surface area contributed by atoms with Crippen molar-refractivity contribution in [1.82, 2.24) is 15.1 Å². The van der Waals surface area contributed by atoms with Gasteiger partial charge in [0.25, 0.3) is 5.91 Å². The summed E-state index contributed by atoms with van der Waals surface area (Å²) in [7, 11) is 0. The van der Waals surface area contributed by atoms with Gasteiger partial charge in [0.1, 0.15) is 17.1 Å². The van der Waals surface area contributed by atoms with Crippen molar-refractivity contribution in [3.8, 4) is 17.0 Å². The zero-order chi connectivity index (χ0) is 19.0. The zero-order valence-corrected chi connectivity index (χ0v) is 16.1. The highest BCUT2D eigenvalue weighted by Crippen LogP contribution is 2.44. The third-order valence-electron chi connectivity index (χ3n) is 4.92. The molecular formula is C21H21N3O2S. The van der Waals surface area contributed by atoms with E-state index in [4.69, 9.17) is 0 Å². The molecule has 1 aromatic heterocycles. The molecule has 0 unspecified atom stereocenters. The summed E-state index contributed by atoms with van der Waals surface area (Å²) in [5, 5.41) is 17.6. The van der Waals surface area contributed by atoms with Crippen LogP contribution in [0.4, 0.5) is 0 Å². The second-order valence-electron chi connectivity index (χ2n) is 6.55. The average molecular weight is 379 g/mol. The number of benzene rings is 2. The molecular weight excluding hydrogens is 358 g/mol. The van der Waals surface area contributed by atoms with Crippen molar-refractivity contribution in [2.24, 2.45) is 0 Å². The van der Waals surface area contributed by atoms with Gasteiger partial charge >= 0.3 is 0 Å². The van der Waals surface area contributed by atoms with E-state index in [1.54, 1.807) is 23.9 Å². The first-order valence-corrected chi connectivity index (χ1v) is 10.2. The maximum atomic E-state index is 13.0. The van der Waals surface area contributed by atoms with Gasteiger partial charge in [-0.2, -0.15) is 5.10 Å². The minimum absolute atomic E-state index is 0.0417. The molecule has 27 heavy (non-hydrogen) atoms. The van der Waals surface area contributed by atoms with Crippen LogP contribution < -0.4 is 0 Å². The lowest BCUT2D eigenvalue weighted by Gasteiger charge is -2.26. The molecule has 1 aliphatic rings. The van der Waals surface area contributed by atoms with Crippen molar-refractivity contribution >= 4 is 17.7 Å². The quantitative estimate of drug-likeness (QED) is 0.642. The molecule has 2 aromatic carbocycles. The first-order chi connectivity index (χ1) is 13.2. The minimum atomic E-state index is -0.211. The molecule has 0 radical (unpaired) electrons. The highest BCUT2D eigenvalue weighted by atomic mass is 32.2. The molecule has 0 aliphatic carbocycles. The van der Waals surface area contributed by atoms with E-state index < -0.39 is 0 Å². The fourth-order valence-corrected chi connectivity index (χ4v) is 4.09. The molecule has 0 spiro atoms. The van der Waals surface area contributed by atoms with E-state index in [-0.39, 0.29) is 17.7 Å². The number of fused-ring (bicyclic) bond motifs is 1. The molecule has 5 nitrogen and oxygen atoms in total. The third kappa shape index (κ3) is 2.90. The van der Waals surface area contributed by atoms with E-state index >= 15 is 0 Å². The second-order valence-corrected chi connectivity index (χ2v) is 7.43. The number of phenols is 1. The summed E-state index contributed by atoms with van der Waals surface area (Å²) in [5.41, 5.74) is 3.67. The number of nitrogens with zero attached hydrogens (tertiary/aromatic N) is 2. The second kappa shape index (κ2) is 7.12. The highest BCUT2D eigenvalue weighted by molar-refractivity contribution is 7.98. The molecule has 4 rings (SSSR count). The Hall–Kier alpha value is -2.73. The van der Waals surface area contributed by atoms with E-state index in [0.717, 1.165) is 17.5 Å². The maximum Gasteiger partial charge on any atom is 0.273 e. The van der Waals surface area contributed by atoms with Gasteiger partial charge in [-0.15, -0.1) is 11.8 Å². The number of rotatable bonds is 5. The SMILES string of the molecule is CCCN1C(=O)c2[nH]nc(-c3ccccc3O)c2[C@H]1c1ccc(SC)cc1. The number of aromatic nitrogens is 2. The topological polar surface area (TPSA) is 69.2 Å². The van der Waals surface area contributed by atoms with Crippen molar-refractivity contribution < 1.29 is 9.90 Å². The van der Waals surface area contributed by atoms with E-state index in [9.17, 15) is 9.90 Å². The van der Waals surface area contributed by atoms with Crippen LogP contribution in [-0.4, -0.2) is 38.9 Å². The number of carbonyl (C=O) groups excluding carboxylic acids is 1. The Balaban J connectivity index is 1.88. The van der Waals surface area contributed by atoms with E-state index in [2.05, 4.69) is 41.4 Å². The number of aromatic amines is 1. The lowest BCUT2D eigenvalue weighted by molar-refractivity contribution is 0.0744. The van der Waals surface area contributed by atoms with Crippen molar-refractivity contribution in [1.29, 1.82) is 0 Å². The Morgan fingerprint density at radius 1 is 1.19 bits per heavy atom. The Morgan fingerprint density at radius 3 is 2.59 bits per heavy atom. The van der Waals surface area contributed by atoms with Gasteiger partial charge in [0.15, 0.2) is 0 Å². The van der Waals surface area contributed by atoms with Gasteiger partial charge in [0, 0.05) is 22.6 Å². The van der Waals surface area contributed by atoms with Gasteiger partial charge in [0.2, 0.25) is 0 Å². The van der Waals surface area contributed by atoms with Crippen molar-refractivity contribution in [3.05, 3.63) is 65.4 Å². The molecule has 0 saturated carbocycles. The molecule has 1 atom stereocenters. The predicted octanol–water partition coefficient (Wildman–Crippen LogP) is 4.46. The summed E-state index contributed by atoms with van der Waals surface area (Å²) in [5.74, 6) is 0.115. The first-order valence-electron chi connectivity index (χ1n) is 8.97. The number of aromatic hydroxyl groups is 1. The Morgan fingerprint density at radius 2 is 1.93 bits per heavy atom. The van der Waals surface area contributed by atoms with Crippen molar-refractivity contribution in [2.75, 3.05) is 12.8 Å². The number of carbonyl (C=O) groups is 1. The Kier molecular flexibility index (Phi) is 4.66. The molecule has 0 bridgehead atoms. The molecule has 1 aliphatic heterocycles. The minimum Gasteiger partial charge on any atom is -0.507 e. The zero-order valence-electron chi connectivity index (χ0n) is 15.3. The molecule has 2 N–H and O–H groups in total.